The van der Waals surface area contributed by atoms with Gasteiger partial charge in [0.25, 0.3) is 5.91 Å². The van der Waals surface area contributed by atoms with Gasteiger partial charge in [0.1, 0.15) is 11.6 Å². The van der Waals surface area contributed by atoms with Crippen molar-refractivity contribution in [3.8, 4) is 28.2 Å². The molecule has 8 nitrogen and oxygen atoms in total. The van der Waals surface area contributed by atoms with Crippen molar-refractivity contribution in [2.75, 3.05) is 20.4 Å². The molecule has 0 unspecified atom stereocenters. The number of halogens is 3. The van der Waals surface area contributed by atoms with Crippen LogP contribution in [0.1, 0.15) is 16.1 Å². The smallest absolute Gasteiger partial charge is 0.278 e. The van der Waals surface area contributed by atoms with Gasteiger partial charge in [-0.15, -0.1) is 0 Å². The third-order valence-corrected chi connectivity index (χ3v) is 7.57. The lowest BCUT2D eigenvalue weighted by Gasteiger charge is -2.17. The molecule has 38 heavy (non-hydrogen) atoms. The number of carbonyl (C=O) groups is 1. The third-order valence-electron chi connectivity index (χ3n) is 5.82. The molecular weight excluding hydrogens is 556 g/mol. The molecule has 1 aromatic heterocycles. The lowest BCUT2D eigenvalue weighted by molar-refractivity contribution is -0.0759. The molecule has 0 aliphatic carbocycles. The number of carbonyl (C=O) groups excluding carboxylic acids is 1. The summed E-state index contributed by atoms with van der Waals surface area (Å²) >= 11 is 12.9. The highest BCUT2D eigenvalue weighted by molar-refractivity contribution is 7.90. The molecule has 0 atom stereocenters. The van der Waals surface area contributed by atoms with Gasteiger partial charge in [-0.2, -0.15) is 0 Å². The molecule has 0 saturated heterocycles. The van der Waals surface area contributed by atoms with Gasteiger partial charge in [0, 0.05) is 19.5 Å². The van der Waals surface area contributed by atoms with Crippen molar-refractivity contribution >= 4 is 38.9 Å². The Hall–Kier alpha value is -3.28. The Kier molecular flexibility index (Phi) is 7.91. The summed E-state index contributed by atoms with van der Waals surface area (Å²) in [5, 5.41) is 11.0. The van der Waals surface area contributed by atoms with Crippen LogP contribution in [-0.2, 0) is 21.3 Å². The summed E-state index contributed by atoms with van der Waals surface area (Å²) in [6.07, 6.45) is 2.53. The fourth-order valence-electron chi connectivity index (χ4n) is 3.90. The maximum atomic E-state index is 14.7. The molecule has 0 spiro atoms. The molecule has 4 rings (SSSR count). The van der Waals surface area contributed by atoms with Crippen LogP contribution < -0.4 is 0 Å². The van der Waals surface area contributed by atoms with Crippen LogP contribution in [0.25, 0.3) is 28.2 Å². The van der Waals surface area contributed by atoms with Crippen molar-refractivity contribution in [3.05, 3.63) is 87.9 Å². The second-order valence-corrected chi connectivity index (χ2v) is 11.1. The summed E-state index contributed by atoms with van der Waals surface area (Å²) in [5.74, 6) is -1.06. The largest absolute Gasteiger partial charge is 0.390 e. The minimum atomic E-state index is -3.78. The monoisotopic (exact) mass is 577 g/mol. The number of sulfone groups is 1. The number of amides is 1. The number of aromatic nitrogens is 2. The molecule has 1 N–H and O–H groups in total. The van der Waals surface area contributed by atoms with Crippen molar-refractivity contribution in [3.63, 3.8) is 0 Å². The van der Waals surface area contributed by atoms with Gasteiger partial charge in [-0.1, -0.05) is 41.4 Å². The molecule has 0 fully saturated rings. The first-order valence-corrected chi connectivity index (χ1v) is 13.7. The molecule has 1 amide bonds. The summed E-state index contributed by atoms with van der Waals surface area (Å²) < 4.78 is 41.2. The fraction of sp³-hybridized carbons (Fsp3) is 0.154. The van der Waals surface area contributed by atoms with Crippen LogP contribution in [0.15, 0.2) is 65.7 Å². The molecule has 0 aliphatic rings. The summed E-state index contributed by atoms with van der Waals surface area (Å²) in [6, 6.07) is 13.6. The van der Waals surface area contributed by atoms with Crippen molar-refractivity contribution < 1.29 is 27.5 Å². The van der Waals surface area contributed by atoms with Crippen molar-refractivity contribution in [2.24, 2.45) is 0 Å². The molecule has 0 bridgehead atoms. The summed E-state index contributed by atoms with van der Waals surface area (Å²) in [5.41, 5.74) is 1.77. The van der Waals surface area contributed by atoms with E-state index in [0.29, 0.717) is 16.8 Å². The standard InChI is InChI=1S/C26H22Cl2FN3O5S/c1-31(37-2)26(34)18-9-7-16(12-23(18)38(3,35)36)15-8-10-22(20(28)11-15)32-13-17(14-33)30-25(32)24-19(27)5-4-6-21(24)29/h4-13,33H,14H2,1-3H3. The Morgan fingerprint density at radius 3 is 2.39 bits per heavy atom. The van der Waals surface area contributed by atoms with E-state index in [4.69, 9.17) is 28.0 Å². The normalized spacial score (nSPS) is 11.6. The zero-order valence-corrected chi connectivity index (χ0v) is 22.8. The van der Waals surface area contributed by atoms with Gasteiger partial charge in [-0.05, 0) is 47.5 Å². The highest BCUT2D eigenvalue weighted by Crippen LogP contribution is 2.36. The topological polar surface area (TPSA) is 102 Å². The van der Waals surface area contributed by atoms with E-state index in [9.17, 15) is 22.7 Å². The second-order valence-electron chi connectivity index (χ2n) is 8.32. The summed E-state index contributed by atoms with van der Waals surface area (Å²) in [4.78, 5) is 21.7. The number of nitrogens with zero attached hydrogens (tertiary/aromatic N) is 3. The van der Waals surface area contributed by atoms with Crippen LogP contribution in [0.4, 0.5) is 4.39 Å². The van der Waals surface area contributed by atoms with Gasteiger partial charge >= 0.3 is 0 Å². The van der Waals surface area contributed by atoms with E-state index in [-0.39, 0.29) is 44.2 Å². The fourth-order valence-corrected chi connectivity index (χ4v) is 5.31. The zero-order chi connectivity index (χ0) is 27.8. The van der Waals surface area contributed by atoms with Crippen LogP contribution in [0, 0.1) is 5.82 Å². The molecule has 3 aromatic carbocycles. The van der Waals surface area contributed by atoms with E-state index < -0.39 is 21.6 Å². The molecule has 0 saturated carbocycles. The SMILES string of the molecule is CON(C)C(=O)c1ccc(-c2ccc(-n3cc(CO)nc3-c3c(F)cccc3Cl)c(Cl)c2)cc1S(C)(=O)=O. The Morgan fingerprint density at radius 2 is 1.79 bits per heavy atom. The Bertz CT molecular complexity index is 1640. The molecule has 198 valence electrons. The number of aliphatic hydroxyl groups is 1. The number of hydroxylamine groups is 2. The minimum absolute atomic E-state index is 0.0373. The number of imidazole rings is 1. The summed E-state index contributed by atoms with van der Waals surface area (Å²) in [6.45, 7) is -0.390. The van der Waals surface area contributed by atoms with Gasteiger partial charge in [-0.25, -0.2) is 22.9 Å². The first kappa shape index (κ1) is 27.7. The molecule has 0 aliphatic heterocycles. The number of benzene rings is 3. The first-order chi connectivity index (χ1) is 18.0. The van der Waals surface area contributed by atoms with E-state index >= 15 is 0 Å². The zero-order valence-electron chi connectivity index (χ0n) is 20.4. The average molecular weight is 578 g/mol. The highest BCUT2D eigenvalue weighted by atomic mass is 35.5. The quantitative estimate of drug-likeness (QED) is 0.304. The third kappa shape index (κ3) is 5.31. The number of rotatable bonds is 7. The van der Waals surface area contributed by atoms with Gasteiger partial charge < -0.3 is 5.11 Å². The molecule has 0 radical (unpaired) electrons. The summed E-state index contributed by atoms with van der Waals surface area (Å²) in [7, 11) is -1.10. The number of hydrogen-bond acceptors (Lipinski definition) is 6. The maximum absolute atomic E-state index is 14.7. The first-order valence-electron chi connectivity index (χ1n) is 11.1. The second kappa shape index (κ2) is 10.8. The minimum Gasteiger partial charge on any atom is -0.390 e. The van der Waals surface area contributed by atoms with Crippen molar-refractivity contribution in [1.29, 1.82) is 0 Å². The maximum Gasteiger partial charge on any atom is 0.278 e. The lowest BCUT2D eigenvalue weighted by Crippen LogP contribution is -2.27. The van der Waals surface area contributed by atoms with Gasteiger partial charge in [0.2, 0.25) is 0 Å². The van der Waals surface area contributed by atoms with E-state index in [1.807, 2.05) is 0 Å². The predicted molar refractivity (Wildman–Crippen MR) is 143 cm³/mol. The van der Waals surface area contributed by atoms with Gasteiger partial charge in [0.15, 0.2) is 9.84 Å². The molecule has 1 heterocycles. The Morgan fingerprint density at radius 1 is 1.11 bits per heavy atom. The van der Waals surface area contributed by atoms with Crippen molar-refractivity contribution in [1.82, 2.24) is 14.6 Å². The van der Waals surface area contributed by atoms with Crippen LogP contribution in [-0.4, -0.2) is 54.5 Å². The molecule has 4 aromatic rings. The predicted octanol–water partition coefficient (Wildman–Crippen LogP) is 5.18. The van der Waals surface area contributed by atoms with E-state index in [1.165, 1.54) is 55.3 Å². The van der Waals surface area contributed by atoms with Gasteiger partial charge in [0.05, 0.1) is 51.2 Å². The Balaban J connectivity index is 1.83. The van der Waals surface area contributed by atoms with Crippen molar-refractivity contribution in [2.45, 2.75) is 11.5 Å². The van der Waals surface area contributed by atoms with E-state index in [1.54, 1.807) is 24.3 Å². The van der Waals surface area contributed by atoms with Crippen LogP contribution >= 0.6 is 23.2 Å². The highest BCUT2D eigenvalue weighted by Gasteiger charge is 2.23. The average Bonchev–Trinajstić information content (AvgIpc) is 3.30. The van der Waals surface area contributed by atoms with Crippen LogP contribution in [0.5, 0.6) is 0 Å². The van der Waals surface area contributed by atoms with E-state index in [0.717, 1.165) is 11.3 Å². The lowest BCUT2D eigenvalue weighted by atomic mass is 10.0. The number of hydrogen-bond donors (Lipinski definition) is 1. The van der Waals surface area contributed by atoms with E-state index in [2.05, 4.69) is 4.98 Å². The van der Waals surface area contributed by atoms with Gasteiger partial charge in [-0.3, -0.25) is 14.2 Å². The number of aliphatic hydroxyl groups excluding tert-OH is 1. The van der Waals surface area contributed by atoms with Crippen LogP contribution in [0.3, 0.4) is 0 Å². The Labute approximate surface area is 228 Å². The van der Waals surface area contributed by atoms with Crippen LogP contribution in [0.2, 0.25) is 10.0 Å². The molecular formula is C26H22Cl2FN3O5S. The molecule has 12 heteroatoms.